The number of nitrogen functional groups attached to an aromatic ring is 1. The summed E-state index contributed by atoms with van der Waals surface area (Å²) < 4.78 is 39.3. The summed E-state index contributed by atoms with van der Waals surface area (Å²) in [6.45, 7) is 31.7. The van der Waals surface area contributed by atoms with E-state index in [0.717, 1.165) is 136 Å². The number of piperidine rings is 3. The van der Waals surface area contributed by atoms with Crippen molar-refractivity contribution in [3.05, 3.63) is 150 Å². The molecular weight excluding hydrogens is 1850 g/mol. The summed E-state index contributed by atoms with van der Waals surface area (Å²) in [7, 11) is 20.6. The molecule has 42 heteroatoms. The van der Waals surface area contributed by atoms with Gasteiger partial charge in [-0.1, -0.05) is 93.8 Å². The van der Waals surface area contributed by atoms with Crippen LogP contribution in [0.15, 0.2) is 130 Å². The fourth-order valence-corrected chi connectivity index (χ4v) is 18.9. The summed E-state index contributed by atoms with van der Waals surface area (Å²) in [6, 6.07) is 14.9. The van der Waals surface area contributed by atoms with Crippen LogP contribution >= 0.6 is 46.4 Å². The smallest absolute Gasteiger partial charge is 0.247 e. The molecular formula is C94H127Cl4N27O9Si2. The zero-order chi connectivity index (χ0) is 98.3. The number of hydrogen-bond acceptors (Lipinski definition) is 27. The van der Waals surface area contributed by atoms with Gasteiger partial charge in [-0.3, -0.25) is 28.4 Å². The van der Waals surface area contributed by atoms with Crippen molar-refractivity contribution < 1.29 is 43.2 Å². The summed E-state index contributed by atoms with van der Waals surface area (Å²) in [4.78, 5) is 78.3. The average Bonchev–Trinajstić information content (AvgIpc) is 1.62. The number of aliphatic hydroxyl groups excluding tert-OH is 1. The predicted octanol–water partition coefficient (Wildman–Crippen LogP) is 16.4. The van der Waals surface area contributed by atoms with E-state index >= 15 is 0 Å². The van der Waals surface area contributed by atoms with Crippen LogP contribution in [0.1, 0.15) is 38.5 Å². The van der Waals surface area contributed by atoms with Crippen molar-refractivity contribution in [3.8, 4) is 51.0 Å². The zero-order valence-corrected chi connectivity index (χ0v) is 85.9. The third-order valence-corrected chi connectivity index (χ3v) is 28.4. The van der Waals surface area contributed by atoms with Crippen LogP contribution in [0.3, 0.4) is 0 Å². The molecule has 9 aromatic heterocycles. The first-order valence-corrected chi connectivity index (χ1v) is 53.8. The van der Waals surface area contributed by atoms with Crippen LogP contribution in [0.5, 0.6) is 17.2 Å². The fourth-order valence-electron chi connectivity index (χ4n) is 16.3. The second-order valence-electron chi connectivity index (χ2n) is 36.7. The van der Waals surface area contributed by atoms with E-state index in [9.17, 15) is 19.5 Å². The second kappa shape index (κ2) is 46.0. The minimum atomic E-state index is -1.25. The number of nitrogens with zero attached hydrogens (tertiary/aromatic N) is 21. The van der Waals surface area contributed by atoms with Crippen molar-refractivity contribution in [1.29, 1.82) is 0 Å². The highest BCUT2D eigenvalue weighted by molar-refractivity contribution is 6.76. The number of nitrogens with one attached hydrogen (secondary N) is 5. The van der Waals surface area contributed by atoms with Crippen LogP contribution in [-0.2, 0) is 65.2 Å². The van der Waals surface area contributed by atoms with Crippen molar-refractivity contribution in [2.75, 3.05) is 163 Å². The number of methoxy groups -OCH3 is 3. The molecule has 0 atom stereocenters. The SMILES string of the molecule is C=CC(=O)Nc1cc(N)c(OC)cc1N1CCC(N(C)C)CC1.C=CC(=O)Nc1cc(Nc2nc(-c3cnn(C)c3)c3c(Cl)cn(CO)c3n2)c(OC)cc1N1CCC(N(C)C)CC1.C=CC(=O)Nc1cc(Nc2nc(-c3cnn(C)c3)c3c(Cl)cn(COCC[Si](C)(C)C)c3n2)c(OC)cc1N1CCC(N(C)C)CC1.Cn1cc(-c2nc(Cl)nc3c2c(Cl)cn3COCC[Si](C)(C)C)cn1. The first-order chi connectivity index (χ1) is 64.8. The molecule has 0 bridgehead atoms. The number of aryl methyl sites for hydroxylation is 3. The van der Waals surface area contributed by atoms with Gasteiger partial charge in [-0.05, 0) is 141 Å². The van der Waals surface area contributed by atoms with Crippen LogP contribution in [0.25, 0.3) is 66.9 Å². The number of carbonyl (C=O) groups excluding carboxylic acids is 3. The highest BCUT2D eigenvalue weighted by Gasteiger charge is 2.32. The molecule has 3 amide bonds. The predicted molar refractivity (Wildman–Crippen MR) is 553 cm³/mol. The first-order valence-electron chi connectivity index (χ1n) is 44.9. The number of rotatable bonds is 33. The van der Waals surface area contributed by atoms with Gasteiger partial charge in [0.05, 0.1) is 139 Å². The molecule has 3 fully saturated rings. The third kappa shape index (κ3) is 26.0. The van der Waals surface area contributed by atoms with Crippen molar-refractivity contribution in [3.63, 3.8) is 0 Å². The molecule has 3 aliphatic heterocycles. The Morgan fingerprint density at radius 1 is 0.456 bits per heavy atom. The molecule has 0 radical (unpaired) electrons. The number of halogens is 4. The maximum atomic E-state index is 12.6. The normalized spacial score (nSPS) is 14.0. The van der Waals surface area contributed by atoms with Crippen molar-refractivity contribution in [2.24, 2.45) is 21.1 Å². The summed E-state index contributed by atoms with van der Waals surface area (Å²) in [5.41, 5.74) is 18.2. The van der Waals surface area contributed by atoms with Gasteiger partial charge in [0.2, 0.25) is 34.9 Å². The van der Waals surface area contributed by atoms with Gasteiger partial charge in [0.1, 0.15) is 54.4 Å². The highest BCUT2D eigenvalue weighted by atomic mass is 35.5. The lowest BCUT2D eigenvalue weighted by molar-refractivity contribution is -0.112. The molecule has 0 saturated carbocycles. The molecule has 0 spiro atoms. The van der Waals surface area contributed by atoms with Gasteiger partial charge in [0, 0.05) is 180 Å². The number of nitrogens with two attached hydrogens (primary N) is 1. The van der Waals surface area contributed by atoms with Crippen molar-refractivity contribution >= 4 is 176 Å². The van der Waals surface area contributed by atoms with E-state index in [-0.39, 0.29) is 35.7 Å². The number of carbonyl (C=O) groups is 3. The summed E-state index contributed by atoms with van der Waals surface area (Å²) in [5.74, 6) is 1.45. The minimum Gasteiger partial charge on any atom is -0.495 e. The van der Waals surface area contributed by atoms with E-state index in [2.05, 4.69) is 188 Å². The van der Waals surface area contributed by atoms with Gasteiger partial charge < -0.3 is 104 Å². The quantitative estimate of drug-likeness (QED) is 0.00660. The van der Waals surface area contributed by atoms with Crippen LogP contribution in [0.4, 0.5) is 63.1 Å². The number of hydrogen-bond donors (Lipinski definition) is 7. The van der Waals surface area contributed by atoms with Gasteiger partial charge in [0.15, 0.2) is 0 Å². The van der Waals surface area contributed by atoms with E-state index in [0.29, 0.717) is 155 Å². The zero-order valence-electron chi connectivity index (χ0n) is 80.9. The molecule has 15 rings (SSSR count). The lowest BCUT2D eigenvalue weighted by atomic mass is 10.0. The summed E-state index contributed by atoms with van der Waals surface area (Å²) >= 11 is 26.0. The Balaban J connectivity index is 0.000000170. The highest BCUT2D eigenvalue weighted by Crippen LogP contribution is 2.45. The number of anilines is 11. The maximum Gasteiger partial charge on any atom is 0.247 e. The monoisotopic (exact) mass is 1970 g/mol. The lowest BCUT2D eigenvalue weighted by Crippen LogP contribution is -2.42. The first kappa shape index (κ1) is 103. The molecule has 8 N–H and O–H groups in total. The molecule has 0 unspecified atom stereocenters. The Morgan fingerprint density at radius 3 is 1.08 bits per heavy atom. The molecule has 0 aliphatic carbocycles. The van der Waals surface area contributed by atoms with Crippen LogP contribution in [-0.4, -0.2) is 261 Å². The minimum absolute atomic E-state index is 0.171. The Morgan fingerprint density at radius 2 is 0.772 bits per heavy atom. The standard InChI is InChI=1S/C33H46ClN9O3Si.C28H34ClN9O3.C17H26N4O2.C16H21Cl2N5OSi/c1-9-29(44)36-25-16-26(28(45-5)17-27(25)42-12-10-23(11-13-42)40(2)3)37-33-38-31(22-18-35-41(4)19-22)30-24(34)20-43(32(30)39-33)21-46-14-15-47(6,7)8;1-6-24(40)31-20-11-21(23(41-5)12-22(20)37-9-7-18(8-10-37)35(2)3)32-28-33-26(17-13-30-36(4)14-17)25-19(29)15-38(16-39)27(25)34-28;1-5-17(22)19-14-10-13(18)16(23-4)11-15(14)21-8-6-12(7-9-21)20(2)3;1-22-8-11(7-19-22)14-13-12(17)9-23(15(13)21-16(18)20-14)10-24-5-6-25(2,3)4/h9,16-20,23H,1,10-15,21H2,2-8H3,(H,36,44)(H,37,38,39);6,11-15,18,39H,1,7-10,16H2,2-5H3,(H,31,40)(H,32,33,34);5,10-12H,1,6-9,18H2,2-4H3,(H,19,22);7-9H,5-6,10H2,1-4H3. The summed E-state index contributed by atoms with van der Waals surface area (Å²) in [5, 5.41) is 41.9. The topological polar surface area (TPSA) is 369 Å². The molecule has 728 valence electrons. The molecule has 36 nitrogen and oxygen atoms in total. The number of amides is 3. The van der Waals surface area contributed by atoms with Gasteiger partial charge >= 0.3 is 0 Å². The number of aliphatic hydroxyl groups is 1. The third-order valence-electron chi connectivity index (χ3n) is 23.9. The van der Waals surface area contributed by atoms with Crippen molar-refractivity contribution in [1.82, 2.24) is 87.6 Å². The molecule has 12 aromatic rings. The number of fused-ring (bicyclic) bond motifs is 3. The van der Waals surface area contributed by atoms with Crippen LogP contribution < -0.4 is 61.2 Å². The molecule has 12 heterocycles. The average molecular weight is 1980 g/mol. The van der Waals surface area contributed by atoms with E-state index in [1.165, 1.54) is 22.8 Å². The molecule has 3 saturated heterocycles. The number of ether oxygens (including phenoxy) is 5. The van der Waals surface area contributed by atoms with E-state index in [1.807, 2.05) is 91.6 Å². The Kier molecular flexibility index (Phi) is 34.9. The fraction of sp³-hybridized carbons (Fsp3) is 0.426. The Bertz CT molecular complexity index is 6230. The lowest BCUT2D eigenvalue weighted by Gasteiger charge is -2.37. The second-order valence-corrected chi connectivity index (χ2v) is 49.5. The van der Waals surface area contributed by atoms with Gasteiger partial charge in [-0.15, -0.1) is 0 Å². The van der Waals surface area contributed by atoms with E-state index < -0.39 is 16.1 Å². The van der Waals surface area contributed by atoms with Crippen LogP contribution in [0, 0.1) is 0 Å². The van der Waals surface area contributed by atoms with Gasteiger partial charge in [-0.2, -0.15) is 30.2 Å². The van der Waals surface area contributed by atoms with Crippen molar-refractivity contribution in [2.45, 2.75) is 128 Å². The Hall–Kier alpha value is -11.7. The van der Waals surface area contributed by atoms with Crippen LogP contribution in [0.2, 0.25) is 71.7 Å². The van der Waals surface area contributed by atoms with E-state index in [4.69, 9.17) is 90.8 Å². The maximum absolute atomic E-state index is 12.6. The Labute approximate surface area is 816 Å². The molecule has 3 aromatic carbocycles. The van der Waals surface area contributed by atoms with Gasteiger partial charge in [0.25, 0.3) is 0 Å². The number of aromatic nitrogens is 15. The summed E-state index contributed by atoms with van der Waals surface area (Å²) in [6.07, 6.45) is 26.0. The molecule has 3 aliphatic rings. The van der Waals surface area contributed by atoms with Gasteiger partial charge in [-0.25, -0.2) is 15.0 Å². The van der Waals surface area contributed by atoms with E-state index in [1.54, 1.807) is 66.2 Å². The largest absolute Gasteiger partial charge is 0.495 e. The molecule has 136 heavy (non-hydrogen) atoms. The number of benzene rings is 3.